The average molecular weight is 269 g/mol. The standard InChI is InChI=1S/C14H20FNO3/c1-10-9-11(15)5-6-12(10)18-8-7-16-13(17)19-14(2,3)4/h5-6,9H,7-8H2,1-4H3,(H,16,17). The number of halogens is 1. The van der Waals surface area contributed by atoms with Gasteiger partial charge in [0.05, 0.1) is 6.54 Å². The van der Waals surface area contributed by atoms with Gasteiger partial charge < -0.3 is 14.8 Å². The molecule has 0 aromatic heterocycles. The second-order valence-corrected chi connectivity index (χ2v) is 5.19. The summed E-state index contributed by atoms with van der Waals surface area (Å²) in [5.41, 5.74) is 0.204. The Labute approximate surface area is 112 Å². The maximum atomic E-state index is 12.9. The fourth-order valence-corrected chi connectivity index (χ4v) is 1.40. The molecular weight excluding hydrogens is 249 g/mol. The van der Waals surface area contributed by atoms with Crippen LogP contribution < -0.4 is 10.1 Å². The zero-order valence-electron chi connectivity index (χ0n) is 11.7. The first kappa shape index (κ1) is 15.3. The number of hydrogen-bond donors (Lipinski definition) is 1. The van der Waals surface area contributed by atoms with Crippen LogP contribution in [-0.4, -0.2) is 24.8 Å². The summed E-state index contributed by atoms with van der Waals surface area (Å²) in [7, 11) is 0. The SMILES string of the molecule is Cc1cc(F)ccc1OCCNC(=O)OC(C)(C)C. The van der Waals surface area contributed by atoms with E-state index in [1.807, 2.05) is 0 Å². The minimum atomic E-state index is -0.515. The van der Waals surface area contributed by atoms with Crippen molar-refractivity contribution in [2.45, 2.75) is 33.3 Å². The highest BCUT2D eigenvalue weighted by molar-refractivity contribution is 5.67. The zero-order valence-corrected chi connectivity index (χ0v) is 11.7. The van der Waals surface area contributed by atoms with Crippen molar-refractivity contribution in [1.29, 1.82) is 0 Å². The van der Waals surface area contributed by atoms with Crippen LogP contribution in [0.5, 0.6) is 5.75 Å². The van der Waals surface area contributed by atoms with E-state index in [1.54, 1.807) is 33.8 Å². The molecule has 0 spiro atoms. The van der Waals surface area contributed by atoms with Crippen molar-refractivity contribution in [3.8, 4) is 5.75 Å². The molecule has 1 amide bonds. The van der Waals surface area contributed by atoms with Crippen molar-refractivity contribution in [2.24, 2.45) is 0 Å². The summed E-state index contributed by atoms with van der Waals surface area (Å²) >= 11 is 0. The summed E-state index contributed by atoms with van der Waals surface area (Å²) in [5, 5.41) is 2.58. The first-order valence-corrected chi connectivity index (χ1v) is 6.14. The van der Waals surface area contributed by atoms with Gasteiger partial charge in [-0.1, -0.05) is 0 Å². The fourth-order valence-electron chi connectivity index (χ4n) is 1.40. The van der Waals surface area contributed by atoms with E-state index in [9.17, 15) is 9.18 Å². The molecule has 19 heavy (non-hydrogen) atoms. The van der Waals surface area contributed by atoms with Gasteiger partial charge in [-0.25, -0.2) is 9.18 Å². The van der Waals surface area contributed by atoms with Crippen LogP contribution in [0.3, 0.4) is 0 Å². The minimum absolute atomic E-state index is 0.295. The zero-order chi connectivity index (χ0) is 14.5. The van der Waals surface area contributed by atoms with Crippen LogP contribution >= 0.6 is 0 Å². The van der Waals surface area contributed by atoms with Crippen LogP contribution in [0.25, 0.3) is 0 Å². The molecule has 106 valence electrons. The first-order valence-electron chi connectivity index (χ1n) is 6.14. The maximum absolute atomic E-state index is 12.9. The largest absolute Gasteiger partial charge is 0.491 e. The summed E-state index contributed by atoms with van der Waals surface area (Å²) in [6.07, 6.45) is -0.480. The molecule has 4 nitrogen and oxygen atoms in total. The van der Waals surface area contributed by atoms with Gasteiger partial charge in [-0.15, -0.1) is 0 Å². The molecule has 0 fully saturated rings. The first-order chi connectivity index (χ1) is 8.78. The highest BCUT2D eigenvalue weighted by Gasteiger charge is 2.15. The third-order valence-corrected chi connectivity index (χ3v) is 2.16. The number of hydrogen-bond acceptors (Lipinski definition) is 3. The van der Waals surface area contributed by atoms with Crippen LogP contribution in [0.15, 0.2) is 18.2 Å². The Hall–Kier alpha value is -1.78. The van der Waals surface area contributed by atoms with Crippen LogP contribution in [0.4, 0.5) is 9.18 Å². The normalized spacial score (nSPS) is 11.0. The highest BCUT2D eigenvalue weighted by atomic mass is 19.1. The minimum Gasteiger partial charge on any atom is -0.491 e. The summed E-state index contributed by atoms with van der Waals surface area (Å²) in [5.74, 6) is 0.309. The molecule has 0 aliphatic heterocycles. The number of carbonyl (C=O) groups is 1. The molecule has 0 aliphatic carbocycles. The van der Waals surface area contributed by atoms with E-state index in [0.717, 1.165) is 5.56 Å². The molecule has 1 aromatic rings. The van der Waals surface area contributed by atoms with Gasteiger partial charge in [0.1, 0.15) is 23.8 Å². The van der Waals surface area contributed by atoms with Gasteiger partial charge in [0.2, 0.25) is 0 Å². The van der Waals surface area contributed by atoms with Crippen molar-refractivity contribution in [2.75, 3.05) is 13.2 Å². The molecule has 0 heterocycles. The molecule has 0 saturated carbocycles. The van der Waals surface area contributed by atoms with E-state index < -0.39 is 11.7 Å². The second kappa shape index (κ2) is 6.41. The second-order valence-electron chi connectivity index (χ2n) is 5.19. The third kappa shape index (κ3) is 6.08. The van der Waals surface area contributed by atoms with Gasteiger partial charge in [0.15, 0.2) is 0 Å². The lowest BCUT2D eigenvalue weighted by Crippen LogP contribution is -2.34. The molecule has 0 aliphatic rings. The Kier molecular flexibility index (Phi) is 5.15. The van der Waals surface area contributed by atoms with E-state index in [0.29, 0.717) is 18.9 Å². The molecule has 0 bridgehead atoms. The molecule has 1 rings (SSSR count). The van der Waals surface area contributed by atoms with Gasteiger partial charge in [-0.2, -0.15) is 0 Å². The molecule has 1 aromatic carbocycles. The smallest absolute Gasteiger partial charge is 0.407 e. The Morgan fingerprint density at radius 3 is 2.63 bits per heavy atom. The number of ether oxygens (including phenoxy) is 2. The lowest BCUT2D eigenvalue weighted by atomic mass is 10.2. The fraction of sp³-hybridized carbons (Fsp3) is 0.500. The van der Waals surface area contributed by atoms with Crippen LogP contribution in [0, 0.1) is 12.7 Å². The van der Waals surface area contributed by atoms with E-state index >= 15 is 0 Å². The monoisotopic (exact) mass is 269 g/mol. The van der Waals surface area contributed by atoms with Crippen LogP contribution in [-0.2, 0) is 4.74 Å². The van der Waals surface area contributed by atoms with Gasteiger partial charge in [-0.05, 0) is 51.5 Å². The van der Waals surface area contributed by atoms with Crippen LogP contribution in [0.2, 0.25) is 0 Å². The van der Waals surface area contributed by atoms with Gasteiger partial charge >= 0.3 is 6.09 Å². The number of rotatable bonds is 4. The summed E-state index contributed by atoms with van der Waals surface area (Å²) in [6, 6.07) is 4.30. The maximum Gasteiger partial charge on any atom is 0.407 e. The molecule has 1 N–H and O–H groups in total. The Morgan fingerprint density at radius 1 is 1.37 bits per heavy atom. The molecule has 0 atom stereocenters. The van der Waals surface area contributed by atoms with Crippen molar-refractivity contribution in [1.82, 2.24) is 5.32 Å². The van der Waals surface area contributed by atoms with E-state index in [-0.39, 0.29) is 5.82 Å². The van der Waals surface area contributed by atoms with E-state index in [1.165, 1.54) is 12.1 Å². The number of nitrogens with one attached hydrogen (secondary N) is 1. The lowest BCUT2D eigenvalue weighted by molar-refractivity contribution is 0.0520. The Bertz CT molecular complexity index is 441. The topological polar surface area (TPSA) is 47.6 Å². The predicted octanol–water partition coefficient (Wildman–Crippen LogP) is 3.04. The molecular formula is C14H20FNO3. The number of benzene rings is 1. The van der Waals surface area contributed by atoms with E-state index in [4.69, 9.17) is 9.47 Å². The summed E-state index contributed by atoms with van der Waals surface area (Å²) < 4.78 is 23.4. The lowest BCUT2D eigenvalue weighted by Gasteiger charge is -2.19. The average Bonchev–Trinajstić information content (AvgIpc) is 2.24. The van der Waals surface area contributed by atoms with Crippen LogP contribution in [0.1, 0.15) is 26.3 Å². The summed E-state index contributed by atoms with van der Waals surface area (Å²) in [6.45, 7) is 7.78. The molecule has 0 radical (unpaired) electrons. The number of carbonyl (C=O) groups excluding carboxylic acids is 1. The number of alkyl carbamates (subject to hydrolysis) is 1. The molecule has 5 heteroatoms. The Morgan fingerprint density at radius 2 is 2.05 bits per heavy atom. The highest BCUT2D eigenvalue weighted by Crippen LogP contribution is 2.17. The molecule has 0 saturated heterocycles. The predicted molar refractivity (Wildman–Crippen MR) is 70.9 cm³/mol. The van der Waals surface area contributed by atoms with Crippen molar-refractivity contribution in [3.05, 3.63) is 29.6 Å². The van der Waals surface area contributed by atoms with Crippen molar-refractivity contribution >= 4 is 6.09 Å². The quantitative estimate of drug-likeness (QED) is 0.855. The van der Waals surface area contributed by atoms with Gasteiger partial charge in [0.25, 0.3) is 0 Å². The summed E-state index contributed by atoms with van der Waals surface area (Å²) in [4.78, 5) is 11.3. The molecule has 0 unspecified atom stereocenters. The van der Waals surface area contributed by atoms with Crippen molar-refractivity contribution < 1.29 is 18.7 Å². The third-order valence-electron chi connectivity index (χ3n) is 2.16. The Balaban J connectivity index is 2.29. The van der Waals surface area contributed by atoms with E-state index in [2.05, 4.69) is 5.32 Å². The van der Waals surface area contributed by atoms with Crippen molar-refractivity contribution in [3.63, 3.8) is 0 Å². The van der Waals surface area contributed by atoms with Gasteiger partial charge in [-0.3, -0.25) is 0 Å². The van der Waals surface area contributed by atoms with Gasteiger partial charge in [0, 0.05) is 0 Å². The number of aryl methyl sites for hydroxylation is 1. The number of amides is 1.